The Balaban J connectivity index is 2.17. The van der Waals surface area contributed by atoms with Gasteiger partial charge >= 0.3 is 0 Å². The van der Waals surface area contributed by atoms with E-state index in [2.05, 4.69) is 5.32 Å². The number of hydrogen-bond acceptors (Lipinski definition) is 4. The number of carboxylic acids is 1. The van der Waals surface area contributed by atoms with Crippen LogP contribution in [-0.2, 0) is 20.9 Å². The van der Waals surface area contributed by atoms with E-state index in [0.717, 1.165) is 12.1 Å². The first kappa shape index (κ1) is 14.0. The first-order chi connectivity index (χ1) is 9.49. The number of halogens is 2. The molecule has 0 fully saturated rings. The number of benzene rings is 1. The molecule has 1 amide bonds. The Morgan fingerprint density at radius 2 is 2.10 bits per heavy atom. The highest BCUT2D eigenvalue weighted by Crippen LogP contribution is 2.17. The van der Waals surface area contributed by atoms with E-state index in [4.69, 9.17) is 4.74 Å². The highest BCUT2D eigenvalue weighted by Gasteiger charge is 2.22. The van der Waals surface area contributed by atoms with E-state index in [1.54, 1.807) is 0 Å². The molecule has 1 N–H and O–H groups in total. The number of amides is 1. The first-order valence-corrected chi connectivity index (χ1v) is 5.78. The summed E-state index contributed by atoms with van der Waals surface area (Å²) in [5.74, 6) is -4.56. The van der Waals surface area contributed by atoms with Crippen LogP contribution in [-0.4, -0.2) is 18.4 Å². The summed E-state index contributed by atoms with van der Waals surface area (Å²) in [5.41, 5.74) is 0.0313. The smallest absolute Gasteiger partial charge is 0.286 e. The highest BCUT2D eigenvalue weighted by molar-refractivity contribution is 6.01. The van der Waals surface area contributed by atoms with Gasteiger partial charge in [0.1, 0.15) is 6.61 Å². The van der Waals surface area contributed by atoms with Gasteiger partial charge in [0.2, 0.25) is 0 Å². The van der Waals surface area contributed by atoms with E-state index in [1.807, 2.05) is 0 Å². The fourth-order valence-electron chi connectivity index (χ4n) is 1.76. The molecule has 20 heavy (non-hydrogen) atoms. The van der Waals surface area contributed by atoms with Gasteiger partial charge in [-0.25, -0.2) is 8.78 Å². The summed E-state index contributed by atoms with van der Waals surface area (Å²) in [6.45, 7) is -0.0725. The van der Waals surface area contributed by atoms with Gasteiger partial charge in [0, 0.05) is 12.1 Å². The van der Waals surface area contributed by atoms with Gasteiger partial charge in [0.15, 0.2) is 17.4 Å². The third kappa shape index (κ3) is 2.93. The average Bonchev–Trinajstić information content (AvgIpc) is 2.40. The van der Waals surface area contributed by atoms with Gasteiger partial charge in [0.25, 0.3) is 5.91 Å². The minimum absolute atomic E-state index is 0.0845. The molecular weight excluding hydrogens is 272 g/mol. The Bertz CT molecular complexity index is 598. The zero-order valence-electron chi connectivity index (χ0n) is 10.2. The average molecular weight is 282 g/mol. The van der Waals surface area contributed by atoms with E-state index >= 15 is 0 Å². The highest BCUT2D eigenvalue weighted by atomic mass is 19.2. The monoisotopic (exact) mass is 282 g/mol. The van der Waals surface area contributed by atoms with Crippen LogP contribution in [0.15, 0.2) is 29.5 Å². The quantitative estimate of drug-likeness (QED) is 0.843. The van der Waals surface area contributed by atoms with Crippen molar-refractivity contribution in [3.8, 4) is 0 Å². The molecule has 1 aromatic carbocycles. The Labute approximate surface area is 112 Å². The SMILES string of the molecule is O=C([O-])C1=C(OCc2ccc(F)c(F)c2)C(=O)NCC1. The molecule has 0 bridgehead atoms. The zero-order chi connectivity index (χ0) is 14.7. The summed E-state index contributed by atoms with van der Waals surface area (Å²) in [4.78, 5) is 22.4. The summed E-state index contributed by atoms with van der Waals surface area (Å²) in [7, 11) is 0. The maximum absolute atomic E-state index is 13.0. The molecule has 0 aliphatic carbocycles. The number of ether oxygens (including phenoxy) is 1. The predicted molar refractivity (Wildman–Crippen MR) is 60.8 cm³/mol. The third-order valence-corrected chi connectivity index (χ3v) is 2.75. The maximum Gasteiger partial charge on any atom is 0.286 e. The number of hydrogen-bond donors (Lipinski definition) is 1. The van der Waals surface area contributed by atoms with Crippen LogP contribution >= 0.6 is 0 Å². The molecule has 0 radical (unpaired) electrons. The predicted octanol–water partition coefficient (Wildman–Crippen LogP) is 0.00530. The van der Waals surface area contributed by atoms with Crippen molar-refractivity contribution in [2.75, 3.05) is 6.54 Å². The molecule has 106 valence electrons. The van der Waals surface area contributed by atoms with Crippen molar-refractivity contribution in [1.29, 1.82) is 0 Å². The topological polar surface area (TPSA) is 78.5 Å². The second-order valence-corrected chi connectivity index (χ2v) is 4.14. The minimum Gasteiger partial charge on any atom is -0.545 e. The summed E-state index contributed by atoms with van der Waals surface area (Å²) in [5, 5.41) is 13.3. The molecule has 0 atom stereocenters. The lowest BCUT2D eigenvalue weighted by atomic mass is 10.1. The van der Waals surface area contributed by atoms with Gasteiger partial charge < -0.3 is 20.0 Å². The molecule has 5 nitrogen and oxygen atoms in total. The molecule has 0 saturated heterocycles. The number of nitrogens with one attached hydrogen (secondary N) is 1. The second kappa shape index (κ2) is 5.68. The lowest BCUT2D eigenvalue weighted by Crippen LogP contribution is -2.38. The number of rotatable bonds is 4. The van der Waals surface area contributed by atoms with Crippen molar-refractivity contribution in [3.63, 3.8) is 0 Å². The lowest BCUT2D eigenvalue weighted by molar-refractivity contribution is -0.299. The van der Waals surface area contributed by atoms with Gasteiger partial charge in [-0.2, -0.15) is 0 Å². The lowest BCUT2D eigenvalue weighted by Gasteiger charge is -2.21. The third-order valence-electron chi connectivity index (χ3n) is 2.75. The normalized spacial score (nSPS) is 15.0. The number of carboxylic acid groups (broad SMARTS) is 1. The largest absolute Gasteiger partial charge is 0.545 e. The fraction of sp³-hybridized carbons (Fsp3) is 0.231. The standard InChI is InChI=1S/C13H11F2NO4/c14-9-2-1-7(5-10(9)15)6-20-11-8(13(18)19)3-4-16-12(11)17/h1-2,5H,3-4,6H2,(H,16,17)(H,18,19)/p-1. The molecule has 2 rings (SSSR count). The Kier molecular flexibility index (Phi) is 3.97. The van der Waals surface area contributed by atoms with E-state index in [0.29, 0.717) is 0 Å². The van der Waals surface area contributed by atoms with Crippen molar-refractivity contribution in [3.05, 3.63) is 46.7 Å². The summed E-state index contributed by atoms with van der Waals surface area (Å²) in [6, 6.07) is 3.11. The van der Waals surface area contributed by atoms with Crippen LogP contribution < -0.4 is 10.4 Å². The molecule has 0 aromatic heterocycles. The zero-order valence-corrected chi connectivity index (χ0v) is 10.2. The Morgan fingerprint density at radius 3 is 2.75 bits per heavy atom. The van der Waals surface area contributed by atoms with Gasteiger partial charge in [-0.15, -0.1) is 0 Å². The van der Waals surface area contributed by atoms with Crippen LogP contribution in [0.2, 0.25) is 0 Å². The van der Waals surface area contributed by atoms with Crippen LogP contribution in [0, 0.1) is 11.6 Å². The van der Waals surface area contributed by atoms with Crippen molar-refractivity contribution in [1.82, 2.24) is 5.32 Å². The molecular formula is C13H10F2NO4-. The Morgan fingerprint density at radius 1 is 1.35 bits per heavy atom. The Hall–Kier alpha value is -2.44. The van der Waals surface area contributed by atoms with Crippen LogP contribution in [0.4, 0.5) is 8.78 Å². The molecule has 7 heteroatoms. The van der Waals surface area contributed by atoms with Crippen LogP contribution in [0.5, 0.6) is 0 Å². The van der Waals surface area contributed by atoms with E-state index in [-0.39, 0.29) is 36.5 Å². The number of aliphatic carboxylic acids is 1. The van der Waals surface area contributed by atoms with Crippen molar-refractivity contribution in [2.24, 2.45) is 0 Å². The summed E-state index contributed by atoms with van der Waals surface area (Å²) < 4.78 is 30.9. The molecule has 1 heterocycles. The van der Waals surface area contributed by atoms with Crippen LogP contribution in [0.1, 0.15) is 12.0 Å². The fourth-order valence-corrected chi connectivity index (χ4v) is 1.76. The van der Waals surface area contributed by atoms with Gasteiger partial charge in [0.05, 0.1) is 5.97 Å². The van der Waals surface area contributed by atoms with E-state index in [9.17, 15) is 23.5 Å². The van der Waals surface area contributed by atoms with Gasteiger partial charge in [-0.1, -0.05) is 6.07 Å². The van der Waals surface area contributed by atoms with Gasteiger partial charge in [-0.3, -0.25) is 4.79 Å². The molecule has 0 unspecified atom stereocenters. The van der Waals surface area contributed by atoms with Crippen LogP contribution in [0.25, 0.3) is 0 Å². The molecule has 1 aliphatic rings. The van der Waals surface area contributed by atoms with Crippen LogP contribution in [0.3, 0.4) is 0 Å². The molecule has 1 aliphatic heterocycles. The summed E-state index contributed by atoms with van der Waals surface area (Å²) in [6.07, 6.45) is 0.0845. The van der Waals surface area contributed by atoms with E-state index in [1.165, 1.54) is 6.07 Å². The summed E-state index contributed by atoms with van der Waals surface area (Å²) >= 11 is 0. The van der Waals surface area contributed by atoms with Crippen molar-refractivity contribution in [2.45, 2.75) is 13.0 Å². The molecule has 0 saturated carbocycles. The number of carbonyl (C=O) groups is 2. The van der Waals surface area contributed by atoms with Crippen molar-refractivity contribution < 1.29 is 28.2 Å². The van der Waals surface area contributed by atoms with E-state index < -0.39 is 23.5 Å². The molecule has 1 aromatic rings. The minimum atomic E-state index is -1.49. The first-order valence-electron chi connectivity index (χ1n) is 5.78. The molecule has 0 spiro atoms. The second-order valence-electron chi connectivity index (χ2n) is 4.14. The number of carbonyl (C=O) groups excluding carboxylic acids is 2. The van der Waals surface area contributed by atoms with Gasteiger partial charge in [-0.05, 0) is 24.1 Å². The maximum atomic E-state index is 13.0. The van der Waals surface area contributed by atoms with Crippen molar-refractivity contribution >= 4 is 11.9 Å².